The summed E-state index contributed by atoms with van der Waals surface area (Å²) in [7, 11) is 0. The number of hydrogen-bond donors (Lipinski definition) is 1. The van der Waals surface area contributed by atoms with Crippen LogP contribution < -0.4 is 14.4 Å². The number of aromatic nitrogens is 2. The summed E-state index contributed by atoms with van der Waals surface area (Å²) in [5.74, 6) is -0.584. The number of nitrogens with zero attached hydrogens (tertiary/aromatic N) is 3. The first-order valence-corrected chi connectivity index (χ1v) is 14.4. The molecule has 1 aliphatic rings. The Morgan fingerprint density at radius 1 is 1.10 bits per heavy atom. The summed E-state index contributed by atoms with van der Waals surface area (Å²) in [6.07, 6.45) is 4.11. The second kappa shape index (κ2) is 12.8. The average Bonchev–Trinajstić information content (AvgIpc) is 2.91. The second-order valence-electron chi connectivity index (χ2n) is 12.3. The van der Waals surface area contributed by atoms with Gasteiger partial charge in [-0.3, -0.25) is 9.97 Å². The van der Waals surface area contributed by atoms with Gasteiger partial charge in [0, 0.05) is 36.1 Å². The van der Waals surface area contributed by atoms with E-state index < -0.39 is 23.5 Å². The third-order valence-corrected chi connectivity index (χ3v) is 7.49. The molecule has 0 radical (unpaired) electrons. The van der Waals surface area contributed by atoms with Crippen LogP contribution in [0.1, 0.15) is 64.8 Å². The summed E-state index contributed by atoms with van der Waals surface area (Å²) in [6.45, 7) is 13.9. The number of aryl methyl sites for hydroxylation is 1. The maximum absolute atomic E-state index is 13.2. The number of anilines is 1. The summed E-state index contributed by atoms with van der Waals surface area (Å²) in [5, 5.41) is 10.5. The van der Waals surface area contributed by atoms with Crippen LogP contribution in [-0.4, -0.2) is 52.9 Å². The molecular formula is C32H39ClFN3O5. The summed E-state index contributed by atoms with van der Waals surface area (Å²) >= 11 is 6.01. The van der Waals surface area contributed by atoms with Gasteiger partial charge in [0.1, 0.15) is 30.5 Å². The number of hydrogen-bond acceptors (Lipinski definition) is 7. The van der Waals surface area contributed by atoms with Crippen LogP contribution >= 0.6 is 11.6 Å². The molecule has 0 aliphatic carbocycles. The first-order valence-electron chi connectivity index (χ1n) is 14.1. The van der Waals surface area contributed by atoms with Gasteiger partial charge in [0.25, 0.3) is 0 Å². The fraction of sp³-hybridized carbons (Fsp3) is 0.469. The maximum atomic E-state index is 13.2. The van der Waals surface area contributed by atoms with Gasteiger partial charge in [-0.1, -0.05) is 25.4 Å². The second-order valence-corrected chi connectivity index (χ2v) is 12.7. The Kier molecular flexibility index (Phi) is 9.63. The molecule has 1 saturated heterocycles. The standard InChI is InChI=1S/C32H39ClFN3O5/c1-20-27(29(30(38)39)42-31(2,3)4)28(37-13-11-32(5,6)12-14-37)23(19-35-20)25-9-8-22(18-36-25)40-15-16-41-26-10-7-21(34)17-24(26)33/h7-10,17-19,29H,11-16H2,1-6H3,(H,38,39)/t29-/m0/s1. The minimum absolute atomic E-state index is 0.193. The minimum Gasteiger partial charge on any atom is -0.488 e. The van der Waals surface area contributed by atoms with E-state index in [2.05, 4.69) is 28.7 Å². The lowest BCUT2D eigenvalue weighted by Crippen LogP contribution is -2.39. The van der Waals surface area contributed by atoms with Crippen LogP contribution in [0.4, 0.5) is 10.1 Å². The molecule has 0 spiro atoms. The molecule has 10 heteroatoms. The van der Waals surface area contributed by atoms with Crippen molar-refractivity contribution < 1.29 is 28.5 Å². The largest absolute Gasteiger partial charge is 0.488 e. The fourth-order valence-electron chi connectivity index (χ4n) is 4.90. The number of carboxylic acid groups (broad SMARTS) is 1. The molecule has 1 atom stereocenters. The first kappa shape index (κ1) is 31.5. The molecule has 0 bridgehead atoms. The average molecular weight is 600 g/mol. The maximum Gasteiger partial charge on any atom is 0.337 e. The molecule has 4 rings (SSSR count). The van der Waals surface area contributed by atoms with Crippen molar-refractivity contribution in [2.45, 2.75) is 66.1 Å². The number of piperidine rings is 1. The molecule has 3 heterocycles. The van der Waals surface area contributed by atoms with Crippen LogP contribution in [0.15, 0.2) is 42.7 Å². The van der Waals surface area contributed by atoms with Gasteiger partial charge in [0.15, 0.2) is 6.10 Å². The third kappa shape index (κ3) is 7.89. The molecule has 226 valence electrons. The van der Waals surface area contributed by atoms with E-state index in [0.717, 1.165) is 37.2 Å². The van der Waals surface area contributed by atoms with E-state index in [1.165, 1.54) is 18.2 Å². The molecule has 1 fully saturated rings. The van der Waals surface area contributed by atoms with Crippen LogP contribution in [0.2, 0.25) is 5.02 Å². The SMILES string of the molecule is Cc1ncc(-c2ccc(OCCOc3ccc(F)cc3Cl)cn2)c(N2CCC(C)(C)CC2)c1[C@H](OC(C)(C)C)C(=O)O. The Hall–Kier alpha value is -3.43. The Labute approximate surface area is 251 Å². The number of aliphatic carboxylic acids is 1. The van der Waals surface area contributed by atoms with Gasteiger partial charge in [-0.15, -0.1) is 0 Å². The predicted molar refractivity (Wildman–Crippen MR) is 161 cm³/mol. The molecule has 1 N–H and O–H groups in total. The molecule has 0 unspecified atom stereocenters. The van der Waals surface area contributed by atoms with Gasteiger partial charge in [-0.05, 0) is 76.3 Å². The molecule has 3 aromatic rings. The van der Waals surface area contributed by atoms with Crippen LogP contribution in [0.3, 0.4) is 0 Å². The minimum atomic E-state index is -1.19. The summed E-state index contributed by atoms with van der Waals surface area (Å²) in [5.41, 5.74) is 2.85. The zero-order valence-electron chi connectivity index (χ0n) is 25.0. The number of halogens is 2. The van der Waals surface area contributed by atoms with E-state index in [-0.39, 0.29) is 23.7 Å². The third-order valence-electron chi connectivity index (χ3n) is 7.19. The number of carboxylic acids is 1. The quantitative estimate of drug-likeness (QED) is 0.243. The molecule has 0 amide bonds. The predicted octanol–water partition coefficient (Wildman–Crippen LogP) is 7.27. The number of ether oxygens (including phenoxy) is 3. The smallest absolute Gasteiger partial charge is 0.337 e. The summed E-state index contributed by atoms with van der Waals surface area (Å²) in [4.78, 5) is 24.1. The van der Waals surface area contributed by atoms with Gasteiger partial charge >= 0.3 is 5.97 Å². The van der Waals surface area contributed by atoms with Crippen molar-refractivity contribution in [2.24, 2.45) is 5.41 Å². The Morgan fingerprint density at radius 2 is 1.79 bits per heavy atom. The van der Waals surface area contributed by atoms with E-state index in [0.29, 0.717) is 28.5 Å². The summed E-state index contributed by atoms with van der Waals surface area (Å²) in [6, 6.07) is 7.58. The molecule has 1 aliphatic heterocycles. The monoisotopic (exact) mass is 599 g/mol. The lowest BCUT2D eigenvalue weighted by atomic mass is 9.82. The molecule has 2 aromatic heterocycles. The van der Waals surface area contributed by atoms with E-state index in [1.807, 2.05) is 33.8 Å². The van der Waals surface area contributed by atoms with Crippen LogP contribution in [0.5, 0.6) is 11.5 Å². The van der Waals surface area contributed by atoms with Crippen molar-refractivity contribution in [2.75, 3.05) is 31.2 Å². The van der Waals surface area contributed by atoms with Gasteiger partial charge in [0.2, 0.25) is 0 Å². The highest BCUT2D eigenvalue weighted by atomic mass is 35.5. The lowest BCUT2D eigenvalue weighted by Gasteiger charge is -2.40. The van der Waals surface area contributed by atoms with Crippen molar-refractivity contribution in [3.05, 3.63) is 64.8 Å². The van der Waals surface area contributed by atoms with Crippen LogP contribution in [-0.2, 0) is 9.53 Å². The normalized spacial score (nSPS) is 15.8. The highest BCUT2D eigenvalue weighted by Crippen LogP contribution is 2.43. The van der Waals surface area contributed by atoms with Gasteiger partial charge in [0.05, 0.1) is 28.2 Å². The number of pyridine rings is 2. The van der Waals surface area contributed by atoms with Gasteiger partial charge in [-0.2, -0.15) is 0 Å². The number of carbonyl (C=O) groups is 1. The number of benzene rings is 1. The molecule has 0 saturated carbocycles. The molecule has 1 aromatic carbocycles. The van der Waals surface area contributed by atoms with Crippen molar-refractivity contribution in [3.63, 3.8) is 0 Å². The van der Waals surface area contributed by atoms with Gasteiger partial charge in [-0.25, -0.2) is 9.18 Å². The first-order chi connectivity index (χ1) is 19.7. The summed E-state index contributed by atoms with van der Waals surface area (Å²) < 4.78 is 30.7. The van der Waals surface area contributed by atoms with Crippen LogP contribution in [0.25, 0.3) is 11.3 Å². The van der Waals surface area contributed by atoms with E-state index in [4.69, 9.17) is 25.8 Å². The molecular weight excluding hydrogens is 561 g/mol. The molecule has 8 nitrogen and oxygen atoms in total. The van der Waals surface area contributed by atoms with Gasteiger partial charge < -0.3 is 24.2 Å². The Balaban J connectivity index is 1.61. The lowest BCUT2D eigenvalue weighted by molar-refractivity contribution is -0.160. The topological polar surface area (TPSA) is 94.0 Å². The van der Waals surface area contributed by atoms with Crippen LogP contribution in [0, 0.1) is 18.2 Å². The highest BCUT2D eigenvalue weighted by Gasteiger charge is 2.36. The highest BCUT2D eigenvalue weighted by molar-refractivity contribution is 6.32. The van der Waals surface area contributed by atoms with E-state index in [1.54, 1.807) is 18.5 Å². The Morgan fingerprint density at radius 3 is 2.38 bits per heavy atom. The fourth-order valence-corrected chi connectivity index (χ4v) is 5.12. The zero-order valence-corrected chi connectivity index (χ0v) is 25.8. The zero-order chi connectivity index (χ0) is 30.7. The van der Waals surface area contributed by atoms with Crippen molar-refractivity contribution in [1.29, 1.82) is 0 Å². The van der Waals surface area contributed by atoms with Crippen molar-refractivity contribution in [3.8, 4) is 22.8 Å². The van der Waals surface area contributed by atoms with Crippen molar-refractivity contribution >= 4 is 23.3 Å². The van der Waals surface area contributed by atoms with E-state index in [9.17, 15) is 14.3 Å². The molecule has 42 heavy (non-hydrogen) atoms. The van der Waals surface area contributed by atoms with E-state index >= 15 is 0 Å². The number of rotatable bonds is 10. The van der Waals surface area contributed by atoms with Crippen molar-refractivity contribution in [1.82, 2.24) is 9.97 Å². The Bertz CT molecular complexity index is 1400.